The van der Waals surface area contributed by atoms with E-state index in [9.17, 15) is 0 Å². The average Bonchev–Trinajstić information content (AvgIpc) is 2.73. The van der Waals surface area contributed by atoms with Crippen LogP contribution in [0.1, 0.15) is 25.7 Å². The van der Waals surface area contributed by atoms with Crippen LogP contribution in [0.5, 0.6) is 0 Å². The zero-order valence-electron chi connectivity index (χ0n) is 15.1. The monoisotopic (exact) mass is 336 g/mol. The van der Waals surface area contributed by atoms with E-state index in [0.29, 0.717) is 11.8 Å². The van der Waals surface area contributed by atoms with Crippen molar-refractivity contribution in [1.29, 1.82) is 0 Å². The number of fused-ring (bicyclic) bond motifs is 2. The Morgan fingerprint density at radius 2 is 1.12 bits per heavy atom. The summed E-state index contributed by atoms with van der Waals surface area (Å²) in [5.74, 6) is 0.906. The molecule has 0 heterocycles. The molecular weight excluding hydrogens is 312 g/mol. The number of hydrogen-bond donors (Lipinski definition) is 0. The summed E-state index contributed by atoms with van der Waals surface area (Å²) in [6.07, 6.45) is 27.7. The molecule has 26 heavy (non-hydrogen) atoms. The van der Waals surface area contributed by atoms with Gasteiger partial charge in [0.2, 0.25) is 0 Å². The van der Waals surface area contributed by atoms with Crippen molar-refractivity contribution in [3.8, 4) is 0 Å². The molecule has 0 heteroatoms. The third kappa shape index (κ3) is 2.52. The Morgan fingerprint density at radius 1 is 0.615 bits per heavy atom. The summed E-state index contributed by atoms with van der Waals surface area (Å²) < 4.78 is 0. The third-order valence-corrected chi connectivity index (χ3v) is 6.03. The largest absolute Gasteiger partial charge is 0.0842 e. The molecule has 0 amide bonds. The standard InChI is InChI=1S/C26H24/c1-3-11-19(12-4-1)25-21-15-7-9-17-23(21)26(20-13-5-2-6-14-20)24-18-10-8-16-22(24)25/h1-3,5,7-11,13,15-18,21,23H,4,6,12,14H2. The first kappa shape index (κ1) is 15.6. The van der Waals surface area contributed by atoms with Crippen molar-refractivity contribution in [2.75, 3.05) is 0 Å². The smallest absolute Gasteiger partial charge is 0.0134 e. The minimum absolute atomic E-state index is 0.453. The first-order chi connectivity index (χ1) is 12.9. The Balaban J connectivity index is 1.87. The van der Waals surface area contributed by atoms with Gasteiger partial charge >= 0.3 is 0 Å². The second kappa shape index (κ2) is 6.61. The summed E-state index contributed by atoms with van der Waals surface area (Å²) >= 11 is 0. The molecule has 0 aromatic heterocycles. The summed E-state index contributed by atoms with van der Waals surface area (Å²) in [7, 11) is 0. The summed E-state index contributed by atoms with van der Waals surface area (Å²) in [5, 5.41) is 2.89. The molecule has 5 rings (SSSR count). The Bertz CT molecular complexity index is 949. The van der Waals surface area contributed by atoms with Crippen molar-refractivity contribution in [2.24, 2.45) is 11.8 Å². The van der Waals surface area contributed by atoms with E-state index in [4.69, 9.17) is 0 Å². The van der Waals surface area contributed by atoms with Gasteiger partial charge in [-0.15, -0.1) is 0 Å². The Kier molecular flexibility index (Phi) is 3.97. The third-order valence-electron chi connectivity index (χ3n) is 6.03. The fraction of sp³-hybridized carbons (Fsp3) is 0.231. The van der Waals surface area contributed by atoms with Gasteiger partial charge in [-0.25, -0.2) is 0 Å². The molecule has 0 fully saturated rings. The van der Waals surface area contributed by atoms with Crippen LogP contribution in [0.2, 0.25) is 0 Å². The zero-order valence-corrected chi connectivity index (χ0v) is 15.1. The van der Waals surface area contributed by atoms with Crippen molar-refractivity contribution < 1.29 is 0 Å². The van der Waals surface area contributed by atoms with Gasteiger partial charge in [0, 0.05) is 11.8 Å². The number of hydrogen-bond acceptors (Lipinski definition) is 0. The maximum absolute atomic E-state index is 2.42. The predicted molar refractivity (Wildman–Crippen MR) is 111 cm³/mol. The molecule has 0 nitrogen and oxygen atoms in total. The molecule has 0 aliphatic heterocycles. The molecule has 4 aliphatic rings. The SMILES string of the molecule is C1=CCCC(C2=c3ccccc3=C(C3=CC=CCC3)C3C=CC=CC23)=C1. The molecule has 0 radical (unpaired) electrons. The van der Waals surface area contributed by atoms with Crippen LogP contribution in [0.15, 0.2) is 96.2 Å². The van der Waals surface area contributed by atoms with Crippen molar-refractivity contribution in [1.82, 2.24) is 0 Å². The van der Waals surface area contributed by atoms with E-state index in [1.54, 1.807) is 11.1 Å². The molecule has 0 N–H and O–H groups in total. The minimum Gasteiger partial charge on any atom is -0.0842 e. The van der Waals surface area contributed by atoms with E-state index in [1.807, 2.05) is 0 Å². The van der Waals surface area contributed by atoms with E-state index in [2.05, 4.69) is 85.0 Å². The highest BCUT2D eigenvalue weighted by molar-refractivity contribution is 5.80. The lowest BCUT2D eigenvalue weighted by Crippen LogP contribution is -2.40. The first-order valence-electron chi connectivity index (χ1n) is 9.84. The van der Waals surface area contributed by atoms with Crippen LogP contribution < -0.4 is 10.4 Å². The van der Waals surface area contributed by atoms with Gasteiger partial charge in [0.15, 0.2) is 0 Å². The van der Waals surface area contributed by atoms with Crippen molar-refractivity contribution in [3.05, 3.63) is 107 Å². The quantitative estimate of drug-likeness (QED) is 0.719. The van der Waals surface area contributed by atoms with Crippen molar-refractivity contribution >= 4 is 11.1 Å². The normalized spacial score (nSPS) is 26.3. The molecule has 1 aromatic carbocycles. The maximum Gasteiger partial charge on any atom is 0.0134 e. The van der Waals surface area contributed by atoms with Gasteiger partial charge in [-0.2, -0.15) is 0 Å². The summed E-state index contributed by atoms with van der Waals surface area (Å²) in [4.78, 5) is 0. The highest BCUT2D eigenvalue weighted by Crippen LogP contribution is 2.42. The van der Waals surface area contributed by atoms with Crippen LogP contribution in [0.4, 0.5) is 0 Å². The Labute approximate surface area is 155 Å². The number of allylic oxidation sites excluding steroid dienone is 12. The van der Waals surface area contributed by atoms with Crippen molar-refractivity contribution in [3.63, 3.8) is 0 Å². The van der Waals surface area contributed by atoms with Gasteiger partial charge in [-0.1, -0.05) is 85.0 Å². The highest BCUT2D eigenvalue weighted by Gasteiger charge is 2.32. The fourth-order valence-corrected chi connectivity index (χ4v) is 4.90. The van der Waals surface area contributed by atoms with Crippen LogP contribution in [0.3, 0.4) is 0 Å². The molecule has 2 atom stereocenters. The van der Waals surface area contributed by atoms with Crippen LogP contribution >= 0.6 is 0 Å². The Morgan fingerprint density at radius 3 is 1.54 bits per heavy atom. The van der Waals surface area contributed by atoms with Gasteiger partial charge in [0.25, 0.3) is 0 Å². The molecule has 0 bridgehead atoms. The van der Waals surface area contributed by atoms with E-state index < -0.39 is 0 Å². The lowest BCUT2D eigenvalue weighted by atomic mass is 9.68. The molecule has 4 aliphatic carbocycles. The lowest BCUT2D eigenvalue weighted by Gasteiger charge is -2.35. The van der Waals surface area contributed by atoms with Gasteiger partial charge in [-0.3, -0.25) is 0 Å². The van der Waals surface area contributed by atoms with E-state index in [-0.39, 0.29) is 0 Å². The van der Waals surface area contributed by atoms with Crippen LogP contribution in [-0.4, -0.2) is 0 Å². The van der Waals surface area contributed by atoms with Crippen LogP contribution in [-0.2, 0) is 0 Å². The topological polar surface area (TPSA) is 0 Å². The van der Waals surface area contributed by atoms with E-state index >= 15 is 0 Å². The molecule has 0 saturated heterocycles. The molecule has 128 valence electrons. The second-order valence-electron chi connectivity index (χ2n) is 7.51. The van der Waals surface area contributed by atoms with Crippen molar-refractivity contribution in [2.45, 2.75) is 25.7 Å². The number of rotatable bonds is 2. The molecular formula is C26H24. The second-order valence-corrected chi connectivity index (χ2v) is 7.51. The first-order valence-corrected chi connectivity index (χ1v) is 9.84. The maximum atomic E-state index is 2.42. The highest BCUT2D eigenvalue weighted by atomic mass is 14.4. The van der Waals surface area contributed by atoms with E-state index in [1.165, 1.54) is 21.6 Å². The molecule has 1 aromatic rings. The molecule has 0 saturated carbocycles. The number of benzene rings is 1. The average molecular weight is 336 g/mol. The summed E-state index contributed by atoms with van der Waals surface area (Å²) in [5.41, 5.74) is 6.13. The zero-order chi connectivity index (χ0) is 17.3. The lowest BCUT2D eigenvalue weighted by molar-refractivity contribution is 0.673. The van der Waals surface area contributed by atoms with E-state index in [0.717, 1.165) is 25.7 Å². The summed E-state index contributed by atoms with van der Waals surface area (Å²) in [6.45, 7) is 0. The fourth-order valence-electron chi connectivity index (χ4n) is 4.90. The van der Waals surface area contributed by atoms with Gasteiger partial charge in [0.1, 0.15) is 0 Å². The molecule has 0 spiro atoms. The van der Waals surface area contributed by atoms with Crippen LogP contribution in [0, 0.1) is 11.8 Å². The predicted octanol–water partition coefficient (Wildman–Crippen LogP) is 4.91. The minimum atomic E-state index is 0.453. The van der Waals surface area contributed by atoms with Gasteiger partial charge < -0.3 is 0 Å². The van der Waals surface area contributed by atoms with Gasteiger partial charge in [0.05, 0.1) is 0 Å². The Hall–Kier alpha value is -2.60. The molecule has 2 unspecified atom stereocenters. The van der Waals surface area contributed by atoms with Crippen LogP contribution in [0.25, 0.3) is 11.1 Å². The summed E-state index contributed by atoms with van der Waals surface area (Å²) in [6, 6.07) is 9.08. The van der Waals surface area contributed by atoms with Gasteiger partial charge in [-0.05, 0) is 58.4 Å².